The minimum atomic E-state index is -0.282. The monoisotopic (exact) mass is 276 g/mol. The lowest BCUT2D eigenvalue weighted by Crippen LogP contribution is -2.36. The van der Waals surface area contributed by atoms with E-state index in [9.17, 15) is 9.59 Å². The number of rotatable bonds is 3. The van der Waals surface area contributed by atoms with Gasteiger partial charge in [-0.25, -0.2) is 9.48 Å². The zero-order valence-corrected chi connectivity index (χ0v) is 11.2. The molecule has 0 radical (unpaired) electrons. The first-order valence-electron chi connectivity index (χ1n) is 6.54. The normalized spacial score (nSPS) is 18.6. The van der Waals surface area contributed by atoms with E-state index in [0.29, 0.717) is 6.54 Å². The highest BCUT2D eigenvalue weighted by Gasteiger charge is 2.31. The summed E-state index contributed by atoms with van der Waals surface area (Å²) in [6.45, 7) is 0.675. The van der Waals surface area contributed by atoms with Gasteiger partial charge in [-0.2, -0.15) is 10.2 Å². The molecule has 8 heteroatoms. The van der Waals surface area contributed by atoms with Gasteiger partial charge >= 0.3 is 5.69 Å². The molecule has 1 aliphatic rings. The van der Waals surface area contributed by atoms with Crippen LogP contribution in [0, 0.1) is 0 Å². The van der Waals surface area contributed by atoms with Gasteiger partial charge in [-0.1, -0.05) is 0 Å². The van der Waals surface area contributed by atoms with Gasteiger partial charge in [0.15, 0.2) is 0 Å². The lowest BCUT2D eigenvalue weighted by Gasteiger charge is -2.23. The van der Waals surface area contributed by atoms with Crippen LogP contribution in [0.4, 0.5) is 0 Å². The number of hydrogen-bond acceptors (Lipinski definition) is 4. The topological polar surface area (TPSA) is 88.8 Å². The van der Waals surface area contributed by atoms with Crippen LogP contribution in [0.3, 0.4) is 0 Å². The maximum atomic E-state index is 12.4. The average Bonchev–Trinajstić information content (AvgIpc) is 3.14. The van der Waals surface area contributed by atoms with Crippen molar-refractivity contribution in [2.24, 2.45) is 7.05 Å². The minimum Gasteiger partial charge on any atom is -0.332 e. The first-order chi connectivity index (χ1) is 9.66. The van der Waals surface area contributed by atoms with E-state index in [1.807, 2.05) is 6.07 Å². The van der Waals surface area contributed by atoms with E-state index in [1.165, 1.54) is 15.6 Å². The van der Waals surface area contributed by atoms with Gasteiger partial charge in [0.05, 0.1) is 11.7 Å². The summed E-state index contributed by atoms with van der Waals surface area (Å²) in [5.41, 5.74) is 0.653. The number of carbonyl (C=O) groups is 1. The van der Waals surface area contributed by atoms with E-state index in [1.54, 1.807) is 18.1 Å². The summed E-state index contributed by atoms with van der Waals surface area (Å²) in [4.78, 5) is 25.9. The molecule has 2 aromatic rings. The van der Waals surface area contributed by atoms with Crippen LogP contribution in [0.15, 0.2) is 23.4 Å². The van der Waals surface area contributed by atoms with Gasteiger partial charge < -0.3 is 4.90 Å². The summed E-state index contributed by atoms with van der Waals surface area (Å²) in [5, 5.41) is 10.8. The van der Waals surface area contributed by atoms with E-state index in [-0.39, 0.29) is 24.2 Å². The van der Waals surface area contributed by atoms with Crippen LogP contribution in [0.5, 0.6) is 0 Å². The molecule has 0 aromatic carbocycles. The maximum absolute atomic E-state index is 12.4. The van der Waals surface area contributed by atoms with Crippen molar-refractivity contribution in [1.29, 1.82) is 0 Å². The molecule has 1 fully saturated rings. The first-order valence-corrected chi connectivity index (χ1v) is 6.54. The maximum Gasteiger partial charge on any atom is 0.345 e. The molecule has 2 aromatic heterocycles. The van der Waals surface area contributed by atoms with E-state index < -0.39 is 0 Å². The fourth-order valence-electron chi connectivity index (χ4n) is 2.59. The van der Waals surface area contributed by atoms with Gasteiger partial charge in [0.1, 0.15) is 12.9 Å². The van der Waals surface area contributed by atoms with Crippen LogP contribution in [0.1, 0.15) is 24.6 Å². The highest BCUT2D eigenvalue weighted by Crippen LogP contribution is 2.30. The Hall–Kier alpha value is -2.38. The summed E-state index contributed by atoms with van der Waals surface area (Å²) >= 11 is 0. The first kappa shape index (κ1) is 12.6. The summed E-state index contributed by atoms with van der Waals surface area (Å²) in [6, 6.07) is 1.90. The van der Waals surface area contributed by atoms with Gasteiger partial charge in [-0.05, 0) is 18.9 Å². The number of aromatic nitrogens is 5. The molecule has 1 N–H and O–H groups in total. The molecule has 0 saturated carbocycles. The van der Waals surface area contributed by atoms with Crippen molar-refractivity contribution in [2.45, 2.75) is 25.4 Å². The summed E-state index contributed by atoms with van der Waals surface area (Å²) in [6.07, 6.45) is 4.95. The Balaban J connectivity index is 1.76. The van der Waals surface area contributed by atoms with Crippen molar-refractivity contribution in [1.82, 2.24) is 29.4 Å². The average molecular weight is 276 g/mol. The van der Waals surface area contributed by atoms with E-state index >= 15 is 0 Å². The van der Waals surface area contributed by atoms with Gasteiger partial charge in [-0.15, -0.1) is 0 Å². The Morgan fingerprint density at radius 3 is 3.05 bits per heavy atom. The molecule has 0 spiro atoms. The summed E-state index contributed by atoms with van der Waals surface area (Å²) in [5.74, 6) is -0.0945. The van der Waals surface area contributed by atoms with Gasteiger partial charge in [-0.3, -0.25) is 14.5 Å². The van der Waals surface area contributed by atoms with Crippen LogP contribution in [0.25, 0.3) is 0 Å². The van der Waals surface area contributed by atoms with Crippen molar-refractivity contribution in [2.75, 3.05) is 6.54 Å². The molecule has 20 heavy (non-hydrogen) atoms. The van der Waals surface area contributed by atoms with Gasteiger partial charge in [0.25, 0.3) is 0 Å². The van der Waals surface area contributed by atoms with E-state index in [0.717, 1.165) is 18.5 Å². The molecule has 1 atom stereocenters. The number of amides is 1. The van der Waals surface area contributed by atoms with Crippen LogP contribution in [0.2, 0.25) is 0 Å². The molecular formula is C12H16N6O2. The number of aryl methyl sites for hydroxylation is 1. The largest absolute Gasteiger partial charge is 0.345 e. The van der Waals surface area contributed by atoms with Crippen LogP contribution in [-0.2, 0) is 18.4 Å². The summed E-state index contributed by atoms with van der Waals surface area (Å²) in [7, 11) is 1.61. The summed E-state index contributed by atoms with van der Waals surface area (Å²) < 4.78 is 2.54. The third kappa shape index (κ3) is 2.13. The quantitative estimate of drug-likeness (QED) is 0.831. The number of likely N-dealkylation sites (tertiary alicyclic amines) is 1. The molecule has 3 rings (SSSR count). The molecular weight excluding hydrogens is 260 g/mol. The van der Waals surface area contributed by atoms with Crippen LogP contribution in [-0.4, -0.2) is 41.9 Å². The number of hydrogen-bond donors (Lipinski definition) is 1. The Morgan fingerprint density at radius 1 is 1.55 bits per heavy atom. The zero-order chi connectivity index (χ0) is 14.1. The van der Waals surface area contributed by atoms with Crippen molar-refractivity contribution in [3.05, 3.63) is 34.8 Å². The standard InChI is InChI=1S/C12H16N6O2/c1-16-8-14-18(12(16)20)7-11(19)17-6-2-3-10(17)9-4-5-13-15-9/h4-5,8,10H,2-3,6-7H2,1H3,(H,13,15). The van der Waals surface area contributed by atoms with E-state index in [2.05, 4.69) is 15.3 Å². The lowest BCUT2D eigenvalue weighted by molar-refractivity contribution is -0.133. The van der Waals surface area contributed by atoms with Crippen molar-refractivity contribution < 1.29 is 4.79 Å². The third-order valence-corrected chi connectivity index (χ3v) is 3.63. The van der Waals surface area contributed by atoms with Crippen LogP contribution < -0.4 is 5.69 Å². The molecule has 1 unspecified atom stereocenters. The highest BCUT2D eigenvalue weighted by molar-refractivity contribution is 5.76. The minimum absolute atomic E-state index is 0.0180. The van der Waals surface area contributed by atoms with Crippen molar-refractivity contribution in [3.63, 3.8) is 0 Å². The Kier molecular flexibility index (Phi) is 3.13. The zero-order valence-electron chi connectivity index (χ0n) is 11.2. The second-order valence-electron chi connectivity index (χ2n) is 4.94. The smallest absolute Gasteiger partial charge is 0.332 e. The Bertz CT molecular complexity index is 656. The molecule has 1 aliphatic heterocycles. The van der Waals surface area contributed by atoms with Crippen molar-refractivity contribution in [3.8, 4) is 0 Å². The molecule has 1 saturated heterocycles. The second-order valence-corrected chi connectivity index (χ2v) is 4.94. The highest BCUT2D eigenvalue weighted by atomic mass is 16.2. The lowest BCUT2D eigenvalue weighted by atomic mass is 10.1. The Morgan fingerprint density at radius 2 is 2.40 bits per heavy atom. The van der Waals surface area contributed by atoms with Crippen molar-refractivity contribution >= 4 is 5.91 Å². The molecule has 0 aliphatic carbocycles. The molecule has 106 valence electrons. The second kappa shape index (κ2) is 4.95. The van der Waals surface area contributed by atoms with Crippen LogP contribution >= 0.6 is 0 Å². The molecule has 0 bridgehead atoms. The van der Waals surface area contributed by atoms with E-state index in [4.69, 9.17) is 0 Å². The predicted octanol–water partition coefficient (Wildman–Crippen LogP) is -0.331. The SMILES string of the molecule is Cn1cnn(CC(=O)N2CCCC2c2ccn[nH]2)c1=O. The third-order valence-electron chi connectivity index (χ3n) is 3.63. The van der Waals surface area contributed by atoms with Gasteiger partial charge in [0, 0.05) is 19.8 Å². The molecule has 8 nitrogen and oxygen atoms in total. The Labute approximate surface area is 115 Å². The van der Waals surface area contributed by atoms with Gasteiger partial charge in [0.2, 0.25) is 5.91 Å². The molecule has 3 heterocycles. The number of carbonyl (C=O) groups excluding carboxylic acids is 1. The number of nitrogens with zero attached hydrogens (tertiary/aromatic N) is 5. The number of nitrogens with one attached hydrogen (secondary N) is 1. The number of aromatic amines is 1. The predicted molar refractivity (Wildman–Crippen MR) is 69.7 cm³/mol. The fourth-order valence-corrected chi connectivity index (χ4v) is 2.59. The molecule has 1 amide bonds. The number of H-pyrrole nitrogens is 1. The fraction of sp³-hybridized carbons (Fsp3) is 0.500.